The highest BCUT2D eigenvalue weighted by molar-refractivity contribution is 6.10. The largest absolute Gasteiger partial charge is 0.456 e. The first-order valence-electron chi connectivity index (χ1n) is 9.26. The van der Waals surface area contributed by atoms with Crippen molar-refractivity contribution >= 4 is 34.6 Å². The summed E-state index contributed by atoms with van der Waals surface area (Å²) >= 11 is 0. The molecule has 6 heteroatoms. The van der Waals surface area contributed by atoms with Crippen LogP contribution in [0, 0.1) is 6.92 Å². The molecule has 0 unspecified atom stereocenters. The second kappa shape index (κ2) is 9.01. The lowest BCUT2D eigenvalue weighted by Gasteiger charge is -2.12. The van der Waals surface area contributed by atoms with Crippen molar-refractivity contribution in [3.63, 3.8) is 0 Å². The van der Waals surface area contributed by atoms with Gasteiger partial charge in [-0.05, 0) is 31.6 Å². The van der Waals surface area contributed by atoms with Crippen LogP contribution in [-0.4, -0.2) is 35.3 Å². The van der Waals surface area contributed by atoms with Gasteiger partial charge < -0.3 is 15.0 Å². The minimum atomic E-state index is -0.875. The molecule has 1 atom stereocenters. The molecule has 0 aliphatic rings. The molecule has 148 valence electrons. The molecule has 2 N–H and O–H groups in total. The summed E-state index contributed by atoms with van der Waals surface area (Å²) in [6, 6.07) is 15.9. The maximum Gasteiger partial charge on any atom is 0.328 e. The van der Waals surface area contributed by atoms with Gasteiger partial charge in [0.15, 0.2) is 6.61 Å². The lowest BCUT2D eigenvalue weighted by molar-refractivity contribution is -0.145. The predicted molar refractivity (Wildman–Crippen MR) is 111 cm³/mol. The number of H-pyrrole nitrogens is 1. The summed E-state index contributed by atoms with van der Waals surface area (Å²) in [5.74, 6) is -1.38. The Hall–Kier alpha value is -3.67. The van der Waals surface area contributed by atoms with Crippen molar-refractivity contribution in [2.45, 2.75) is 19.9 Å². The number of ketones is 1. The Balaban J connectivity index is 1.54. The standard InChI is InChI=1S/C23H22N2O4/c1-15-22(18-10-6-7-11-19(18)24-15)20(26)14-29-23(28)16(2)25-21(27)13-12-17-8-4-3-5-9-17/h3-13,16,24H,14H2,1-2H3,(H,25,27)/b13-12+/t16-/m0/s1. The maximum absolute atomic E-state index is 12.6. The highest BCUT2D eigenvalue weighted by Gasteiger charge is 2.20. The molecule has 0 saturated heterocycles. The molecule has 1 heterocycles. The van der Waals surface area contributed by atoms with Crippen molar-refractivity contribution in [1.82, 2.24) is 10.3 Å². The molecule has 29 heavy (non-hydrogen) atoms. The van der Waals surface area contributed by atoms with E-state index in [9.17, 15) is 14.4 Å². The lowest BCUT2D eigenvalue weighted by Crippen LogP contribution is -2.39. The number of aryl methyl sites for hydroxylation is 1. The molecule has 1 aromatic heterocycles. The molecule has 6 nitrogen and oxygen atoms in total. The van der Waals surface area contributed by atoms with Gasteiger partial charge in [0.25, 0.3) is 0 Å². The number of hydrogen-bond donors (Lipinski definition) is 2. The molecule has 0 spiro atoms. The molecular formula is C23H22N2O4. The topological polar surface area (TPSA) is 88.3 Å². The first kappa shape index (κ1) is 20.1. The third-order valence-corrected chi connectivity index (χ3v) is 4.46. The fraction of sp³-hybridized carbons (Fsp3) is 0.174. The number of hydrogen-bond acceptors (Lipinski definition) is 4. The van der Waals surface area contributed by atoms with Crippen LogP contribution in [0.5, 0.6) is 0 Å². The van der Waals surface area contributed by atoms with Crippen LogP contribution >= 0.6 is 0 Å². The maximum atomic E-state index is 12.6. The smallest absolute Gasteiger partial charge is 0.328 e. The van der Waals surface area contributed by atoms with Gasteiger partial charge in [0.05, 0.1) is 0 Å². The predicted octanol–water partition coefficient (Wildman–Crippen LogP) is 3.42. The zero-order chi connectivity index (χ0) is 20.8. The van der Waals surface area contributed by atoms with Gasteiger partial charge in [-0.15, -0.1) is 0 Å². The Kier molecular flexibility index (Phi) is 6.24. The number of esters is 1. The van der Waals surface area contributed by atoms with E-state index in [2.05, 4.69) is 10.3 Å². The number of aromatic nitrogens is 1. The van der Waals surface area contributed by atoms with Crippen molar-refractivity contribution in [1.29, 1.82) is 0 Å². The average Bonchev–Trinajstić information content (AvgIpc) is 3.06. The number of rotatable bonds is 7. The highest BCUT2D eigenvalue weighted by Crippen LogP contribution is 2.22. The summed E-state index contributed by atoms with van der Waals surface area (Å²) < 4.78 is 5.12. The van der Waals surface area contributed by atoms with E-state index in [1.165, 1.54) is 13.0 Å². The van der Waals surface area contributed by atoms with Gasteiger partial charge >= 0.3 is 5.97 Å². The molecular weight excluding hydrogens is 368 g/mol. The molecule has 0 aliphatic carbocycles. The van der Waals surface area contributed by atoms with E-state index >= 15 is 0 Å². The molecule has 0 saturated carbocycles. The number of carbonyl (C=O) groups excluding carboxylic acids is 3. The average molecular weight is 390 g/mol. The van der Waals surface area contributed by atoms with E-state index in [1.807, 2.05) is 54.6 Å². The molecule has 0 aliphatic heterocycles. The Morgan fingerprint density at radius 3 is 2.52 bits per heavy atom. The molecule has 0 radical (unpaired) electrons. The third kappa shape index (κ3) is 4.99. The van der Waals surface area contributed by atoms with Crippen LogP contribution in [0.3, 0.4) is 0 Å². The van der Waals surface area contributed by atoms with Gasteiger partial charge in [0.2, 0.25) is 11.7 Å². The number of nitrogens with one attached hydrogen (secondary N) is 2. The van der Waals surface area contributed by atoms with E-state index in [0.717, 1.165) is 22.2 Å². The molecule has 1 amide bonds. The van der Waals surface area contributed by atoms with E-state index in [4.69, 9.17) is 4.74 Å². The van der Waals surface area contributed by atoms with Gasteiger partial charge in [-0.25, -0.2) is 4.79 Å². The van der Waals surface area contributed by atoms with Gasteiger partial charge in [0, 0.05) is 28.2 Å². The van der Waals surface area contributed by atoms with Crippen LogP contribution in [0.4, 0.5) is 0 Å². The van der Waals surface area contributed by atoms with Crippen LogP contribution in [0.15, 0.2) is 60.7 Å². The van der Waals surface area contributed by atoms with Gasteiger partial charge in [-0.1, -0.05) is 48.5 Å². The van der Waals surface area contributed by atoms with Crippen molar-refractivity contribution < 1.29 is 19.1 Å². The second-order valence-electron chi connectivity index (χ2n) is 6.68. The normalized spacial score (nSPS) is 12.1. The zero-order valence-electron chi connectivity index (χ0n) is 16.3. The number of aromatic amines is 1. The van der Waals surface area contributed by atoms with E-state index < -0.39 is 17.9 Å². The van der Waals surface area contributed by atoms with E-state index in [0.29, 0.717) is 5.56 Å². The summed E-state index contributed by atoms with van der Waals surface area (Å²) in [6.45, 7) is 2.93. The number of benzene rings is 2. The number of para-hydroxylation sites is 1. The number of Topliss-reactive ketones (excluding diaryl/α,β-unsaturated/α-hetero) is 1. The number of amides is 1. The first-order chi connectivity index (χ1) is 14.0. The van der Waals surface area contributed by atoms with E-state index in [-0.39, 0.29) is 12.4 Å². The lowest BCUT2D eigenvalue weighted by atomic mass is 10.1. The van der Waals surface area contributed by atoms with Crippen LogP contribution < -0.4 is 5.32 Å². The Morgan fingerprint density at radius 2 is 1.76 bits per heavy atom. The van der Waals surface area contributed by atoms with Crippen LogP contribution in [0.25, 0.3) is 17.0 Å². The van der Waals surface area contributed by atoms with Crippen molar-refractivity contribution in [2.24, 2.45) is 0 Å². The quantitative estimate of drug-likeness (QED) is 0.368. The number of ether oxygens (including phenoxy) is 1. The SMILES string of the molecule is Cc1[nH]c2ccccc2c1C(=O)COC(=O)[C@H](C)NC(=O)/C=C/c1ccccc1. The molecule has 3 aromatic rings. The van der Waals surface area contributed by atoms with Crippen LogP contribution in [-0.2, 0) is 14.3 Å². The highest BCUT2D eigenvalue weighted by atomic mass is 16.5. The summed E-state index contributed by atoms with van der Waals surface area (Å²) in [6.07, 6.45) is 3.00. The first-order valence-corrected chi connectivity index (χ1v) is 9.26. The minimum Gasteiger partial charge on any atom is -0.456 e. The summed E-state index contributed by atoms with van der Waals surface area (Å²) in [4.78, 5) is 39.8. The van der Waals surface area contributed by atoms with Crippen LogP contribution in [0.2, 0.25) is 0 Å². The zero-order valence-corrected chi connectivity index (χ0v) is 16.3. The second-order valence-corrected chi connectivity index (χ2v) is 6.68. The number of carbonyl (C=O) groups is 3. The molecule has 3 rings (SSSR count). The third-order valence-electron chi connectivity index (χ3n) is 4.46. The van der Waals surface area contributed by atoms with Crippen molar-refractivity contribution in [2.75, 3.05) is 6.61 Å². The summed E-state index contributed by atoms with van der Waals surface area (Å²) in [5, 5.41) is 3.32. The molecule has 0 fully saturated rings. The monoisotopic (exact) mass is 390 g/mol. The fourth-order valence-corrected chi connectivity index (χ4v) is 3.03. The summed E-state index contributed by atoms with van der Waals surface area (Å²) in [5.41, 5.74) is 2.96. The molecule has 2 aromatic carbocycles. The Bertz CT molecular complexity index is 1070. The van der Waals surface area contributed by atoms with Crippen molar-refractivity contribution in [3.8, 4) is 0 Å². The Labute approximate surface area is 168 Å². The van der Waals surface area contributed by atoms with Crippen molar-refractivity contribution in [3.05, 3.63) is 77.5 Å². The van der Waals surface area contributed by atoms with E-state index in [1.54, 1.807) is 13.0 Å². The summed E-state index contributed by atoms with van der Waals surface area (Å²) in [7, 11) is 0. The van der Waals surface area contributed by atoms with Crippen LogP contribution in [0.1, 0.15) is 28.5 Å². The van der Waals surface area contributed by atoms with Gasteiger partial charge in [0.1, 0.15) is 6.04 Å². The Morgan fingerprint density at radius 1 is 1.07 bits per heavy atom. The van der Waals surface area contributed by atoms with Gasteiger partial charge in [-0.3, -0.25) is 9.59 Å². The number of fused-ring (bicyclic) bond motifs is 1. The minimum absolute atomic E-state index is 0.296. The fourth-order valence-electron chi connectivity index (χ4n) is 3.03. The molecule has 0 bridgehead atoms. The van der Waals surface area contributed by atoms with Gasteiger partial charge in [-0.2, -0.15) is 0 Å².